The molecule has 0 N–H and O–H groups in total. The standard InChI is InChI=1S/C15H13NO3/c1-8-2-4-9(5-3-8)16-14(17)12-10-6-7-11(19-10)13(12)15(16)18/h2-7,10-13H,1H3/t10-,11-,12-,13-/m0/s1. The monoisotopic (exact) mass is 255 g/mol. The van der Waals surface area contributed by atoms with Gasteiger partial charge in [0.25, 0.3) is 0 Å². The fourth-order valence-corrected chi connectivity index (χ4v) is 3.25. The highest BCUT2D eigenvalue weighted by atomic mass is 16.5. The number of anilines is 1. The first-order chi connectivity index (χ1) is 9.16. The normalized spacial score (nSPS) is 35.3. The van der Waals surface area contributed by atoms with Gasteiger partial charge in [0.15, 0.2) is 0 Å². The van der Waals surface area contributed by atoms with E-state index in [0.29, 0.717) is 5.69 Å². The fraction of sp³-hybridized carbons (Fsp3) is 0.333. The average molecular weight is 255 g/mol. The van der Waals surface area contributed by atoms with Crippen molar-refractivity contribution < 1.29 is 14.3 Å². The van der Waals surface area contributed by atoms with E-state index in [4.69, 9.17) is 4.74 Å². The van der Waals surface area contributed by atoms with Crippen molar-refractivity contribution >= 4 is 17.5 Å². The maximum absolute atomic E-state index is 12.5. The molecular formula is C15H13NO3. The molecule has 0 aliphatic carbocycles. The van der Waals surface area contributed by atoms with Crippen LogP contribution in [0.15, 0.2) is 36.4 Å². The van der Waals surface area contributed by atoms with E-state index in [-0.39, 0.29) is 35.9 Å². The van der Waals surface area contributed by atoms with E-state index in [2.05, 4.69) is 0 Å². The molecule has 0 saturated carbocycles. The summed E-state index contributed by atoms with van der Waals surface area (Å²) < 4.78 is 5.60. The summed E-state index contributed by atoms with van der Waals surface area (Å²) >= 11 is 0. The molecule has 4 atom stereocenters. The zero-order chi connectivity index (χ0) is 13.1. The molecule has 0 unspecified atom stereocenters. The molecule has 1 aromatic carbocycles. The van der Waals surface area contributed by atoms with Gasteiger partial charge < -0.3 is 4.74 Å². The smallest absolute Gasteiger partial charge is 0.240 e. The van der Waals surface area contributed by atoms with Crippen molar-refractivity contribution in [2.75, 3.05) is 4.90 Å². The van der Waals surface area contributed by atoms with Crippen LogP contribution in [0.3, 0.4) is 0 Å². The molecule has 3 heterocycles. The second kappa shape index (κ2) is 3.54. The Morgan fingerprint density at radius 2 is 1.47 bits per heavy atom. The molecule has 4 nitrogen and oxygen atoms in total. The third-order valence-electron chi connectivity index (χ3n) is 4.20. The molecule has 2 bridgehead atoms. The lowest BCUT2D eigenvalue weighted by Crippen LogP contribution is -2.34. The Morgan fingerprint density at radius 3 is 2.00 bits per heavy atom. The summed E-state index contributed by atoms with van der Waals surface area (Å²) in [6, 6.07) is 7.46. The van der Waals surface area contributed by atoms with Gasteiger partial charge in [0, 0.05) is 0 Å². The molecule has 19 heavy (non-hydrogen) atoms. The summed E-state index contributed by atoms with van der Waals surface area (Å²) in [5.41, 5.74) is 1.77. The molecule has 2 saturated heterocycles. The second-order valence-corrected chi connectivity index (χ2v) is 5.35. The predicted molar refractivity (Wildman–Crippen MR) is 68.5 cm³/mol. The van der Waals surface area contributed by atoms with Crippen molar-refractivity contribution in [3.05, 3.63) is 42.0 Å². The summed E-state index contributed by atoms with van der Waals surface area (Å²) in [5, 5.41) is 0. The van der Waals surface area contributed by atoms with Gasteiger partial charge in [-0.15, -0.1) is 0 Å². The number of imide groups is 1. The number of nitrogens with zero attached hydrogens (tertiary/aromatic N) is 1. The third kappa shape index (κ3) is 1.32. The SMILES string of the molecule is Cc1ccc(N2C(=O)[C@@H]3[C@@H](C2=O)[C@@H]2C=C[C@@H]3O2)cc1. The lowest BCUT2D eigenvalue weighted by molar-refractivity contribution is -0.124. The van der Waals surface area contributed by atoms with E-state index in [1.54, 1.807) is 0 Å². The number of rotatable bonds is 1. The Hall–Kier alpha value is -1.94. The number of ether oxygens (including phenoxy) is 1. The van der Waals surface area contributed by atoms with Crippen LogP contribution >= 0.6 is 0 Å². The molecule has 4 rings (SSSR count). The topological polar surface area (TPSA) is 46.6 Å². The third-order valence-corrected chi connectivity index (χ3v) is 4.20. The molecule has 0 radical (unpaired) electrons. The van der Waals surface area contributed by atoms with Crippen molar-refractivity contribution in [1.29, 1.82) is 0 Å². The van der Waals surface area contributed by atoms with E-state index in [0.717, 1.165) is 5.56 Å². The molecule has 3 aliphatic heterocycles. The summed E-state index contributed by atoms with van der Waals surface area (Å²) in [5.74, 6) is -0.918. The number of amides is 2. The number of benzene rings is 1. The fourth-order valence-electron chi connectivity index (χ4n) is 3.25. The summed E-state index contributed by atoms with van der Waals surface area (Å²) in [4.78, 5) is 26.3. The number of hydrogen-bond acceptors (Lipinski definition) is 3. The lowest BCUT2D eigenvalue weighted by atomic mass is 9.85. The minimum absolute atomic E-state index is 0.129. The summed E-state index contributed by atoms with van der Waals surface area (Å²) in [7, 11) is 0. The summed E-state index contributed by atoms with van der Waals surface area (Å²) in [6.45, 7) is 1.98. The van der Waals surface area contributed by atoms with Crippen molar-refractivity contribution in [2.24, 2.45) is 11.8 Å². The number of hydrogen-bond donors (Lipinski definition) is 0. The zero-order valence-electron chi connectivity index (χ0n) is 10.4. The van der Waals surface area contributed by atoms with Gasteiger partial charge in [-0.05, 0) is 19.1 Å². The number of carbonyl (C=O) groups excluding carboxylic acids is 2. The molecule has 4 heteroatoms. The Bertz CT molecular complexity index is 574. The Balaban J connectivity index is 1.74. The van der Waals surface area contributed by atoms with Crippen LogP contribution in [0.1, 0.15) is 5.56 Å². The van der Waals surface area contributed by atoms with E-state index in [1.165, 1.54) is 4.90 Å². The van der Waals surface area contributed by atoms with Gasteiger partial charge in [0.1, 0.15) is 0 Å². The van der Waals surface area contributed by atoms with Gasteiger partial charge in [0.05, 0.1) is 29.7 Å². The minimum atomic E-state index is -0.330. The van der Waals surface area contributed by atoms with Crippen LogP contribution in [-0.2, 0) is 14.3 Å². The molecule has 1 aromatic rings. The van der Waals surface area contributed by atoms with Gasteiger partial charge in [-0.3, -0.25) is 9.59 Å². The van der Waals surface area contributed by atoms with Crippen molar-refractivity contribution in [2.45, 2.75) is 19.1 Å². The van der Waals surface area contributed by atoms with Gasteiger partial charge in [-0.2, -0.15) is 0 Å². The van der Waals surface area contributed by atoms with Crippen LogP contribution in [0.5, 0.6) is 0 Å². The second-order valence-electron chi connectivity index (χ2n) is 5.35. The quantitative estimate of drug-likeness (QED) is 0.563. The maximum atomic E-state index is 12.5. The predicted octanol–water partition coefficient (Wildman–Crippen LogP) is 1.44. The molecule has 2 amide bonds. The van der Waals surface area contributed by atoms with Crippen molar-refractivity contribution in [3.8, 4) is 0 Å². The minimum Gasteiger partial charge on any atom is -0.365 e. The first kappa shape index (κ1) is 10.9. The van der Waals surface area contributed by atoms with E-state index >= 15 is 0 Å². The van der Waals surface area contributed by atoms with E-state index < -0.39 is 0 Å². The number of fused-ring (bicyclic) bond motifs is 5. The van der Waals surface area contributed by atoms with E-state index in [1.807, 2.05) is 43.3 Å². The van der Waals surface area contributed by atoms with Gasteiger partial charge >= 0.3 is 0 Å². The first-order valence-corrected chi connectivity index (χ1v) is 6.45. The first-order valence-electron chi connectivity index (χ1n) is 6.45. The molecule has 0 spiro atoms. The Morgan fingerprint density at radius 1 is 0.947 bits per heavy atom. The average Bonchev–Trinajstić information content (AvgIpc) is 3.06. The highest BCUT2D eigenvalue weighted by Crippen LogP contribution is 2.46. The zero-order valence-corrected chi connectivity index (χ0v) is 10.4. The van der Waals surface area contributed by atoms with Crippen LogP contribution in [0, 0.1) is 18.8 Å². The molecule has 0 aromatic heterocycles. The Labute approximate surface area is 110 Å². The summed E-state index contributed by atoms with van der Waals surface area (Å²) in [6.07, 6.45) is 3.36. The van der Waals surface area contributed by atoms with Crippen LogP contribution < -0.4 is 4.90 Å². The van der Waals surface area contributed by atoms with Crippen molar-refractivity contribution in [1.82, 2.24) is 0 Å². The van der Waals surface area contributed by atoms with Crippen molar-refractivity contribution in [3.63, 3.8) is 0 Å². The molecule has 96 valence electrons. The number of aryl methyl sites for hydroxylation is 1. The molecular weight excluding hydrogens is 242 g/mol. The van der Waals surface area contributed by atoms with Gasteiger partial charge in [0.2, 0.25) is 11.8 Å². The highest BCUT2D eigenvalue weighted by Gasteiger charge is 2.60. The van der Waals surface area contributed by atoms with Crippen LogP contribution in [0.25, 0.3) is 0 Å². The largest absolute Gasteiger partial charge is 0.365 e. The van der Waals surface area contributed by atoms with Gasteiger partial charge in [-0.25, -0.2) is 4.90 Å². The molecule has 3 aliphatic rings. The van der Waals surface area contributed by atoms with E-state index in [9.17, 15) is 9.59 Å². The van der Waals surface area contributed by atoms with Crippen LogP contribution in [-0.4, -0.2) is 24.0 Å². The Kier molecular flexibility index (Phi) is 2.04. The lowest BCUT2D eigenvalue weighted by Gasteiger charge is -2.17. The number of carbonyl (C=O) groups is 2. The molecule has 2 fully saturated rings. The van der Waals surface area contributed by atoms with Crippen LogP contribution in [0.2, 0.25) is 0 Å². The van der Waals surface area contributed by atoms with Gasteiger partial charge in [-0.1, -0.05) is 29.8 Å². The highest BCUT2D eigenvalue weighted by molar-refractivity contribution is 6.23. The van der Waals surface area contributed by atoms with Crippen LogP contribution in [0.4, 0.5) is 5.69 Å². The maximum Gasteiger partial charge on any atom is 0.240 e.